The standard InChI is InChI=1S/C148H88O2/c1-2-27-93(28-3-1)138-116-34-4-6-36-118(116)139(119-37-7-5-35-117(119)138)105-31-24-29-94(78-105)98-63-55-89-57-65-100(83-110(89)81-98)102-67-59-91-61-72-108(87-112(91)85-102)142-124-42-12-16-46-128(124)144(129-47-17-13-43-125(129)142)134-76-75-114(148-146(134)133-50-21-23-54-137(133)150-148)104-71-69-97-80-107(74-70-96(97)77-104)141-122-40-10-8-38-120(122)140(121-39-9-11-41-123(121)141)106-32-25-30-95(79-106)99-64-56-90-58-66-101(84-111(90)82-99)103-68-60-92-62-73-109(88-113(92)86-103)143-126-44-14-18-48-130(126)145(131-49-19-15-45-127(131)143)135-52-26-51-132-115-33-20-22-53-136(115)149-147(132)135/h1-88H. The predicted molar refractivity (Wildman–Crippen MR) is 639 cm³/mol. The number of rotatable bonds is 13. The molecule has 150 heavy (non-hydrogen) atoms. The van der Waals surface area contributed by atoms with E-state index in [9.17, 15) is 0 Å². The van der Waals surface area contributed by atoms with Crippen molar-refractivity contribution in [2.45, 2.75) is 0 Å². The largest absolute Gasteiger partial charge is 0.455 e. The third-order valence-electron chi connectivity index (χ3n) is 32.3. The average Bonchev–Trinajstić information content (AvgIpc) is 1.27. The van der Waals surface area contributed by atoms with Crippen molar-refractivity contribution < 1.29 is 8.83 Å². The van der Waals surface area contributed by atoms with E-state index in [-0.39, 0.29) is 0 Å². The summed E-state index contributed by atoms with van der Waals surface area (Å²) in [5.74, 6) is 0. The van der Waals surface area contributed by atoms with Crippen molar-refractivity contribution in [3.05, 3.63) is 534 Å². The number of hydrogen-bond acceptors (Lipinski definition) is 2. The second-order valence-electron chi connectivity index (χ2n) is 40.5. The maximum Gasteiger partial charge on any atom is 0.143 e. The fraction of sp³-hybridized carbons (Fsp3) is 0. The van der Waals surface area contributed by atoms with E-state index in [1.54, 1.807) is 0 Å². The van der Waals surface area contributed by atoms with Gasteiger partial charge in [-0.15, -0.1) is 0 Å². The highest BCUT2D eigenvalue weighted by atomic mass is 16.3. The first-order valence-corrected chi connectivity index (χ1v) is 51.9. The van der Waals surface area contributed by atoms with Crippen molar-refractivity contribution in [1.29, 1.82) is 0 Å². The topological polar surface area (TPSA) is 26.3 Å². The van der Waals surface area contributed by atoms with Crippen LogP contribution in [0.4, 0.5) is 0 Å². The summed E-state index contributed by atoms with van der Waals surface area (Å²) in [6, 6.07) is 199. The smallest absolute Gasteiger partial charge is 0.143 e. The first-order valence-electron chi connectivity index (χ1n) is 51.9. The fourth-order valence-corrected chi connectivity index (χ4v) is 25.4. The summed E-state index contributed by atoms with van der Waals surface area (Å²) in [6.07, 6.45) is 0. The maximum absolute atomic E-state index is 7.23. The van der Waals surface area contributed by atoms with Gasteiger partial charge in [-0.05, 0) is 359 Å². The lowest BCUT2D eigenvalue weighted by Gasteiger charge is -2.19. The van der Waals surface area contributed by atoms with E-state index in [1.807, 2.05) is 0 Å². The van der Waals surface area contributed by atoms with E-state index >= 15 is 0 Å². The Balaban J connectivity index is 0.447. The van der Waals surface area contributed by atoms with Crippen LogP contribution in [0, 0.1) is 0 Å². The molecule has 2 heteroatoms. The Morgan fingerprint density at radius 1 is 0.100 bits per heavy atom. The van der Waals surface area contributed by atoms with Crippen LogP contribution in [0.5, 0.6) is 0 Å². The number of furan rings is 2. The van der Waals surface area contributed by atoms with Gasteiger partial charge in [-0.1, -0.05) is 443 Å². The predicted octanol–water partition coefficient (Wildman–Crippen LogP) is 42.1. The molecular weight excluding hydrogens is 1810 g/mol. The van der Waals surface area contributed by atoms with E-state index in [0.29, 0.717) is 0 Å². The molecule has 0 amide bonds. The molecule has 0 bridgehead atoms. The van der Waals surface area contributed by atoms with E-state index in [4.69, 9.17) is 8.83 Å². The van der Waals surface area contributed by atoms with Crippen molar-refractivity contribution in [2.75, 3.05) is 0 Å². The van der Waals surface area contributed by atoms with Crippen LogP contribution in [0.1, 0.15) is 0 Å². The average molecular weight is 1900 g/mol. The molecule has 0 aliphatic heterocycles. The Kier molecular flexibility index (Phi) is 19.2. The molecule has 2 aromatic heterocycles. The number of hydrogen-bond donors (Lipinski definition) is 0. The third kappa shape index (κ3) is 13.6. The number of fused-ring (bicyclic) bond motifs is 19. The van der Waals surface area contributed by atoms with Crippen LogP contribution in [-0.2, 0) is 0 Å². The molecule has 2 nitrogen and oxygen atoms in total. The molecule has 2 heterocycles. The van der Waals surface area contributed by atoms with Gasteiger partial charge in [0.1, 0.15) is 22.3 Å². The fourth-order valence-electron chi connectivity index (χ4n) is 25.4. The highest BCUT2D eigenvalue weighted by Gasteiger charge is 2.28. The van der Waals surface area contributed by atoms with Gasteiger partial charge in [-0.25, -0.2) is 0 Å². The maximum atomic E-state index is 7.23. The van der Waals surface area contributed by atoms with Gasteiger partial charge < -0.3 is 8.83 Å². The van der Waals surface area contributed by atoms with E-state index in [2.05, 4.69) is 534 Å². The van der Waals surface area contributed by atoms with Gasteiger partial charge in [-0.3, -0.25) is 0 Å². The van der Waals surface area contributed by atoms with Gasteiger partial charge in [-0.2, -0.15) is 0 Å². The van der Waals surface area contributed by atoms with E-state index in [1.165, 1.54) is 252 Å². The molecule has 0 aliphatic carbocycles. The van der Waals surface area contributed by atoms with Gasteiger partial charge in [0.15, 0.2) is 0 Å². The zero-order valence-corrected chi connectivity index (χ0v) is 81.6. The van der Waals surface area contributed by atoms with Crippen LogP contribution < -0.4 is 0 Å². The van der Waals surface area contributed by atoms with Gasteiger partial charge in [0.25, 0.3) is 0 Å². The summed E-state index contributed by atoms with van der Waals surface area (Å²) in [5.41, 5.74) is 34.3. The van der Waals surface area contributed by atoms with Crippen LogP contribution in [0.15, 0.2) is 543 Å². The lowest BCUT2D eigenvalue weighted by atomic mass is 9.84. The summed E-state index contributed by atoms with van der Waals surface area (Å²) < 4.78 is 14.0. The van der Waals surface area contributed by atoms with Crippen molar-refractivity contribution in [3.63, 3.8) is 0 Å². The molecule has 0 saturated heterocycles. The Morgan fingerprint density at radius 3 is 0.687 bits per heavy atom. The van der Waals surface area contributed by atoms with Crippen LogP contribution in [0.25, 0.3) is 329 Å². The molecule has 0 unspecified atom stereocenters. The SMILES string of the molecule is c1ccc(-c2c3ccccc3c(-c3cccc(-c4ccc5ccc(-c6ccc7ccc(-c8c9ccccc9c(-c9ccc(-c%10ccc%11cc(-c%12c%13ccccc%13c(-c%13cccc(-c%14ccc%15ccc(-c%16ccc%17ccc(-c%18c%19ccccc%19c(-c%19cccc%20c%19oc%19ccccc%19%20)c%19ccccc%18%19)cc%17c%16)cc%15c%14)c%13)c%13ccccc%12%13)ccc%11c%10)c%10oc%11ccccc%11c9%10)c9ccccc89)cc7c6)cc5c4)c3)c3ccccc23)cc1. The van der Waals surface area contributed by atoms with Crippen LogP contribution >= 0.6 is 0 Å². The highest BCUT2D eigenvalue weighted by molar-refractivity contribution is 6.30. The molecule has 29 aromatic carbocycles. The van der Waals surface area contributed by atoms with Crippen molar-refractivity contribution >= 4 is 184 Å². The van der Waals surface area contributed by atoms with Gasteiger partial charge in [0, 0.05) is 38.2 Å². The minimum atomic E-state index is 0.857. The van der Waals surface area contributed by atoms with Crippen molar-refractivity contribution in [3.8, 4) is 145 Å². The Morgan fingerprint density at radius 2 is 0.320 bits per heavy atom. The first-order chi connectivity index (χ1) is 74.3. The Hall–Kier alpha value is -19.6. The number of benzene rings is 29. The monoisotopic (exact) mass is 1900 g/mol. The lowest BCUT2D eigenvalue weighted by Crippen LogP contribution is -1.92. The molecule has 0 N–H and O–H groups in total. The zero-order chi connectivity index (χ0) is 98.3. The summed E-state index contributed by atoms with van der Waals surface area (Å²) in [4.78, 5) is 0. The minimum absolute atomic E-state index is 0.857. The van der Waals surface area contributed by atoms with Gasteiger partial charge >= 0.3 is 0 Å². The highest BCUT2D eigenvalue weighted by Crippen LogP contribution is 2.55. The summed E-state index contributed by atoms with van der Waals surface area (Å²) in [5, 5.41) is 35.8. The molecule has 0 radical (unpaired) electrons. The second-order valence-corrected chi connectivity index (χ2v) is 40.5. The molecule has 0 saturated carbocycles. The van der Waals surface area contributed by atoms with Crippen LogP contribution in [0.3, 0.4) is 0 Å². The quantitative estimate of drug-likeness (QED) is 0.108. The summed E-state index contributed by atoms with van der Waals surface area (Å²) in [7, 11) is 0. The normalized spacial score (nSPS) is 12.0. The molecular formula is C148H88O2. The van der Waals surface area contributed by atoms with Crippen LogP contribution in [0.2, 0.25) is 0 Å². The third-order valence-corrected chi connectivity index (χ3v) is 32.3. The van der Waals surface area contributed by atoms with Crippen molar-refractivity contribution in [2.24, 2.45) is 0 Å². The Bertz CT molecular complexity index is 11000. The molecule has 692 valence electrons. The molecule has 0 fully saturated rings. The Labute approximate surface area is 864 Å². The number of para-hydroxylation sites is 3. The molecule has 31 rings (SSSR count). The first kappa shape index (κ1) is 84.8. The molecule has 0 spiro atoms. The zero-order valence-electron chi connectivity index (χ0n) is 81.6. The van der Waals surface area contributed by atoms with Crippen molar-refractivity contribution in [1.82, 2.24) is 0 Å². The van der Waals surface area contributed by atoms with Gasteiger partial charge in [0.2, 0.25) is 0 Å². The minimum Gasteiger partial charge on any atom is -0.455 e. The van der Waals surface area contributed by atoms with E-state index < -0.39 is 0 Å². The van der Waals surface area contributed by atoms with Gasteiger partial charge in [0.05, 0.1) is 0 Å². The second kappa shape index (κ2) is 34.0. The molecule has 31 aromatic rings. The summed E-state index contributed by atoms with van der Waals surface area (Å²) in [6.45, 7) is 0. The molecule has 0 atom stereocenters. The summed E-state index contributed by atoms with van der Waals surface area (Å²) >= 11 is 0. The lowest BCUT2D eigenvalue weighted by molar-refractivity contribution is 0.669. The van der Waals surface area contributed by atoms with Crippen LogP contribution in [-0.4, -0.2) is 0 Å². The molecule has 0 aliphatic rings. The van der Waals surface area contributed by atoms with E-state index in [0.717, 1.165) is 76.9 Å².